The van der Waals surface area contributed by atoms with Gasteiger partial charge >= 0.3 is 0 Å². The largest absolute Gasteiger partial charge is 0.216 e. The minimum Gasteiger partial charge on any atom is -0.212 e. The molecule has 0 saturated carbocycles. The topological polar surface area (TPSA) is 37.1 Å². The Kier molecular flexibility index (Phi) is 1.52. The number of rotatable bonds is 2. The fourth-order valence-electron chi connectivity index (χ4n) is 0.593. The monoisotopic (exact) mass is 149 g/mol. The number of hydrogen-bond donors (Lipinski definition) is 0. The fourth-order valence-corrected chi connectivity index (χ4v) is 1.78. The van der Waals surface area contributed by atoms with Crippen molar-refractivity contribution in [1.82, 2.24) is 4.31 Å². The van der Waals surface area contributed by atoms with Crippen LogP contribution >= 0.6 is 0 Å². The molecular weight excluding hydrogens is 138 g/mol. The van der Waals surface area contributed by atoms with E-state index in [9.17, 15) is 8.42 Å². The Balaban J connectivity index is 2.73. The molecule has 3 nitrogen and oxygen atoms in total. The molecule has 1 fully saturated rings. The van der Waals surface area contributed by atoms with Gasteiger partial charge in [-0.15, -0.1) is 0 Å². The molecule has 4 heteroatoms. The second-order valence-electron chi connectivity index (χ2n) is 2.49. The van der Waals surface area contributed by atoms with Gasteiger partial charge in [-0.05, 0) is 13.8 Å². The minimum atomic E-state index is -2.87. The lowest BCUT2D eigenvalue weighted by atomic mass is 10.6. The normalized spacial score (nSPS) is 20.8. The molecule has 0 aromatic heterocycles. The Labute approximate surface area is 55.7 Å². The molecule has 1 heterocycles. The van der Waals surface area contributed by atoms with Crippen molar-refractivity contribution in [3.63, 3.8) is 0 Å². The molecule has 1 aliphatic heterocycles. The zero-order chi connectivity index (χ0) is 7.07. The Morgan fingerprint density at radius 2 is 1.78 bits per heavy atom. The highest BCUT2D eigenvalue weighted by Gasteiger charge is 2.33. The van der Waals surface area contributed by atoms with Crippen molar-refractivity contribution in [3.05, 3.63) is 0 Å². The summed E-state index contributed by atoms with van der Waals surface area (Å²) in [5.41, 5.74) is 0. The molecule has 9 heavy (non-hydrogen) atoms. The lowest BCUT2D eigenvalue weighted by Crippen LogP contribution is -2.21. The number of hydrogen-bond acceptors (Lipinski definition) is 2. The van der Waals surface area contributed by atoms with Crippen LogP contribution in [0.3, 0.4) is 0 Å². The van der Waals surface area contributed by atoms with E-state index in [4.69, 9.17) is 0 Å². The second-order valence-corrected chi connectivity index (χ2v) is 4.98. The Hall–Kier alpha value is -0.0900. The molecule has 54 valence electrons. The molecule has 0 aromatic carbocycles. The molecule has 0 bridgehead atoms. The molecule has 1 aliphatic rings. The summed E-state index contributed by atoms with van der Waals surface area (Å²) in [6.45, 7) is 4.85. The van der Waals surface area contributed by atoms with Gasteiger partial charge in [-0.25, -0.2) is 8.42 Å². The molecule has 0 spiro atoms. The molecule has 0 aromatic rings. The Morgan fingerprint density at radius 3 is 1.89 bits per heavy atom. The zero-order valence-corrected chi connectivity index (χ0v) is 6.48. The van der Waals surface area contributed by atoms with Crippen LogP contribution in [0.15, 0.2) is 0 Å². The Bertz CT molecular complexity index is 183. The average Bonchev–Trinajstić information content (AvgIpc) is 2.42. The Morgan fingerprint density at radius 1 is 1.33 bits per heavy atom. The van der Waals surface area contributed by atoms with Crippen LogP contribution < -0.4 is 0 Å². The van der Waals surface area contributed by atoms with E-state index >= 15 is 0 Å². The fraction of sp³-hybridized carbons (Fsp3) is 1.00. The molecule has 0 amide bonds. The van der Waals surface area contributed by atoms with Crippen molar-refractivity contribution < 1.29 is 8.42 Å². The molecule has 0 atom stereocenters. The van der Waals surface area contributed by atoms with Gasteiger partial charge in [0, 0.05) is 13.1 Å². The molecule has 0 aliphatic carbocycles. The maximum absolute atomic E-state index is 11.0. The van der Waals surface area contributed by atoms with E-state index in [2.05, 4.69) is 0 Å². The van der Waals surface area contributed by atoms with Crippen LogP contribution in [0.25, 0.3) is 0 Å². The predicted molar refractivity (Wildman–Crippen MR) is 35.6 cm³/mol. The molecular formula is C5H11NO2S. The standard InChI is InChI=1S/C5H11NO2S/c1-5(2)9(7,8)6-3-4-6/h5H,3-4H2,1-2H3. The smallest absolute Gasteiger partial charge is 0.212 e. The second kappa shape index (κ2) is 1.95. The summed E-state index contributed by atoms with van der Waals surface area (Å²) in [6.07, 6.45) is 0. The third-order valence-electron chi connectivity index (χ3n) is 1.36. The van der Waals surface area contributed by atoms with E-state index in [1.807, 2.05) is 0 Å². The summed E-state index contributed by atoms with van der Waals surface area (Å²) in [5.74, 6) is 0. The van der Waals surface area contributed by atoms with Crippen LogP contribution in [0.2, 0.25) is 0 Å². The first-order valence-electron chi connectivity index (χ1n) is 3.04. The third kappa shape index (κ3) is 1.24. The number of nitrogens with zero attached hydrogens (tertiary/aromatic N) is 1. The lowest BCUT2D eigenvalue weighted by molar-refractivity contribution is 0.553. The zero-order valence-electron chi connectivity index (χ0n) is 5.66. The highest BCUT2D eigenvalue weighted by Crippen LogP contribution is 2.15. The van der Waals surface area contributed by atoms with Crippen LogP contribution in [0.4, 0.5) is 0 Å². The highest BCUT2D eigenvalue weighted by atomic mass is 32.2. The van der Waals surface area contributed by atoms with Gasteiger partial charge in [0.25, 0.3) is 0 Å². The van der Waals surface area contributed by atoms with Crippen molar-refractivity contribution in [2.75, 3.05) is 13.1 Å². The summed E-state index contributed by atoms with van der Waals surface area (Å²) in [6, 6.07) is 0. The predicted octanol–water partition coefficient (Wildman–Crippen LogP) is 0.0402. The van der Waals surface area contributed by atoms with E-state index in [1.54, 1.807) is 13.8 Å². The van der Waals surface area contributed by atoms with Crippen molar-refractivity contribution >= 4 is 10.0 Å². The summed E-state index contributed by atoms with van der Waals surface area (Å²) in [7, 11) is -2.87. The minimum absolute atomic E-state index is 0.250. The maximum atomic E-state index is 11.0. The first-order chi connectivity index (χ1) is 4.05. The SMILES string of the molecule is CC(C)S(=O)(=O)N1CC1. The van der Waals surface area contributed by atoms with E-state index in [1.165, 1.54) is 4.31 Å². The van der Waals surface area contributed by atoms with Gasteiger partial charge in [-0.1, -0.05) is 0 Å². The van der Waals surface area contributed by atoms with Gasteiger partial charge in [0.15, 0.2) is 0 Å². The van der Waals surface area contributed by atoms with E-state index in [0.717, 1.165) is 13.1 Å². The first-order valence-corrected chi connectivity index (χ1v) is 4.54. The quantitative estimate of drug-likeness (QED) is 0.520. The van der Waals surface area contributed by atoms with Gasteiger partial charge in [-0.3, -0.25) is 0 Å². The molecule has 0 N–H and O–H groups in total. The van der Waals surface area contributed by atoms with Crippen molar-refractivity contribution in [2.24, 2.45) is 0 Å². The van der Waals surface area contributed by atoms with Crippen molar-refractivity contribution in [1.29, 1.82) is 0 Å². The van der Waals surface area contributed by atoms with Crippen LogP contribution in [0.5, 0.6) is 0 Å². The van der Waals surface area contributed by atoms with Crippen molar-refractivity contribution in [3.8, 4) is 0 Å². The van der Waals surface area contributed by atoms with E-state index in [-0.39, 0.29) is 5.25 Å². The highest BCUT2D eigenvalue weighted by molar-refractivity contribution is 7.89. The summed E-state index contributed by atoms with van der Waals surface area (Å²) >= 11 is 0. The average molecular weight is 149 g/mol. The van der Waals surface area contributed by atoms with Crippen molar-refractivity contribution in [2.45, 2.75) is 19.1 Å². The van der Waals surface area contributed by atoms with Gasteiger partial charge < -0.3 is 0 Å². The summed E-state index contributed by atoms with van der Waals surface area (Å²) in [5, 5.41) is -0.250. The van der Waals surface area contributed by atoms with Gasteiger partial charge in [0.2, 0.25) is 10.0 Å². The lowest BCUT2D eigenvalue weighted by Gasteiger charge is -2.05. The van der Waals surface area contributed by atoms with Crippen LogP contribution in [0, 0.1) is 0 Å². The third-order valence-corrected chi connectivity index (χ3v) is 3.64. The first kappa shape index (κ1) is 7.02. The number of sulfonamides is 1. The van der Waals surface area contributed by atoms with Crippen LogP contribution in [0.1, 0.15) is 13.8 Å². The summed E-state index contributed by atoms with van der Waals surface area (Å²) < 4.78 is 23.5. The van der Waals surface area contributed by atoms with Gasteiger partial charge in [0.05, 0.1) is 5.25 Å². The molecule has 1 rings (SSSR count). The van der Waals surface area contributed by atoms with E-state index < -0.39 is 10.0 Å². The molecule has 0 radical (unpaired) electrons. The molecule has 0 unspecified atom stereocenters. The maximum Gasteiger partial charge on any atom is 0.216 e. The van der Waals surface area contributed by atoms with Gasteiger partial charge in [0.1, 0.15) is 0 Å². The molecule has 1 saturated heterocycles. The van der Waals surface area contributed by atoms with Gasteiger partial charge in [-0.2, -0.15) is 4.31 Å². The summed E-state index contributed by atoms with van der Waals surface area (Å²) in [4.78, 5) is 0. The van der Waals surface area contributed by atoms with Crippen LogP contribution in [-0.2, 0) is 10.0 Å². The van der Waals surface area contributed by atoms with E-state index in [0.29, 0.717) is 0 Å². The van der Waals surface area contributed by atoms with Crippen LogP contribution in [-0.4, -0.2) is 31.1 Å².